The average Bonchev–Trinajstić information content (AvgIpc) is 2.38. The van der Waals surface area contributed by atoms with Crippen LogP contribution in [-0.4, -0.2) is 19.8 Å². The Morgan fingerprint density at radius 1 is 1.16 bits per heavy atom. The van der Waals surface area contributed by atoms with Crippen LogP contribution in [-0.2, 0) is 6.54 Å². The number of benzene rings is 1. The van der Waals surface area contributed by atoms with Crippen molar-refractivity contribution in [2.24, 2.45) is 5.92 Å². The third-order valence-electron chi connectivity index (χ3n) is 2.87. The summed E-state index contributed by atoms with van der Waals surface area (Å²) in [6, 6.07) is 6.09. The van der Waals surface area contributed by atoms with E-state index in [9.17, 15) is 0 Å². The monoisotopic (exact) mass is 265 g/mol. The molecule has 0 radical (unpaired) electrons. The Labute approximate surface area is 117 Å². The maximum Gasteiger partial charge on any atom is 0.165 e. The summed E-state index contributed by atoms with van der Waals surface area (Å²) in [6.45, 7) is 11.7. The summed E-state index contributed by atoms with van der Waals surface area (Å²) in [7, 11) is 0. The van der Waals surface area contributed by atoms with E-state index in [1.807, 2.05) is 19.1 Å². The van der Waals surface area contributed by atoms with Gasteiger partial charge in [0.15, 0.2) is 11.5 Å². The van der Waals surface area contributed by atoms with E-state index < -0.39 is 0 Å². The molecule has 1 N–H and O–H groups in total. The second-order valence-electron chi connectivity index (χ2n) is 4.99. The average molecular weight is 265 g/mol. The SMILES string of the molecule is CCNCc1cccc(OCC)c1OCCC(C)C. The van der Waals surface area contributed by atoms with E-state index >= 15 is 0 Å². The van der Waals surface area contributed by atoms with Crippen LogP contribution in [0.15, 0.2) is 18.2 Å². The van der Waals surface area contributed by atoms with Gasteiger partial charge in [-0.2, -0.15) is 0 Å². The molecule has 1 aromatic carbocycles. The molecule has 0 saturated heterocycles. The zero-order chi connectivity index (χ0) is 14.1. The summed E-state index contributed by atoms with van der Waals surface area (Å²) in [5, 5.41) is 3.34. The molecular formula is C16H27NO2. The van der Waals surface area contributed by atoms with Crippen molar-refractivity contribution in [1.29, 1.82) is 0 Å². The number of para-hydroxylation sites is 1. The summed E-state index contributed by atoms with van der Waals surface area (Å²) in [5.74, 6) is 2.39. The highest BCUT2D eigenvalue weighted by Crippen LogP contribution is 2.31. The van der Waals surface area contributed by atoms with Gasteiger partial charge < -0.3 is 14.8 Å². The van der Waals surface area contributed by atoms with E-state index in [0.717, 1.165) is 43.2 Å². The van der Waals surface area contributed by atoms with Crippen LogP contribution in [0, 0.1) is 5.92 Å². The number of rotatable bonds is 9. The molecule has 0 aromatic heterocycles. The first kappa shape index (κ1) is 15.8. The highest BCUT2D eigenvalue weighted by atomic mass is 16.5. The van der Waals surface area contributed by atoms with Gasteiger partial charge in [-0.25, -0.2) is 0 Å². The predicted octanol–water partition coefficient (Wildman–Crippen LogP) is 3.62. The molecule has 0 saturated carbocycles. The van der Waals surface area contributed by atoms with E-state index in [0.29, 0.717) is 12.5 Å². The summed E-state index contributed by atoms with van der Waals surface area (Å²) >= 11 is 0. The molecule has 0 aliphatic heterocycles. The third-order valence-corrected chi connectivity index (χ3v) is 2.87. The lowest BCUT2D eigenvalue weighted by atomic mass is 10.1. The van der Waals surface area contributed by atoms with Crippen molar-refractivity contribution in [2.75, 3.05) is 19.8 Å². The Morgan fingerprint density at radius 2 is 1.95 bits per heavy atom. The van der Waals surface area contributed by atoms with Crippen molar-refractivity contribution in [3.63, 3.8) is 0 Å². The van der Waals surface area contributed by atoms with Gasteiger partial charge in [0, 0.05) is 12.1 Å². The Bertz CT molecular complexity index is 364. The number of hydrogen-bond donors (Lipinski definition) is 1. The van der Waals surface area contributed by atoms with Crippen LogP contribution in [0.3, 0.4) is 0 Å². The molecule has 3 nitrogen and oxygen atoms in total. The second-order valence-corrected chi connectivity index (χ2v) is 4.99. The lowest BCUT2D eigenvalue weighted by molar-refractivity contribution is 0.258. The normalized spacial score (nSPS) is 10.8. The molecule has 108 valence electrons. The molecule has 3 heteroatoms. The first-order valence-corrected chi connectivity index (χ1v) is 7.27. The van der Waals surface area contributed by atoms with E-state index in [4.69, 9.17) is 9.47 Å². The van der Waals surface area contributed by atoms with Crippen LogP contribution < -0.4 is 14.8 Å². The molecule has 0 amide bonds. The maximum atomic E-state index is 5.96. The largest absolute Gasteiger partial charge is 0.490 e. The minimum Gasteiger partial charge on any atom is -0.490 e. The molecule has 0 aliphatic carbocycles. The van der Waals surface area contributed by atoms with Gasteiger partial charge in [-0.3, -0.25) is 0 Å². The molecule has 0 aliphatic rings. The van der Waals surface area contributed by atoms with Gasteiger partial charge in [-0.15, -0.1) is 0 Å². The van der Waals surface area contributed by atoms with Crippen LogP contribution >= 0.6 is 0 Å². The zero-order valence-corrected chi connectivity index (χ0v) is 12.7. The van der Waals surface area contributed by atoms with Crippen molar-refractivity contribution < 1.29 is 9.47 Å². The molecule has 0 fully saturated rings. The maximum absolute atomic E-state index is 5.96. The Balaban J connectivity index is 2.80. The summed E-state index contributed by atoms with van der Waals surface area (Å²) in [6.07, 6.45) is 1.06. The highest BCUT2D eigenvalue weighted by molar-refractivity contribution is 5.46. The van der Waals surface area contributed by atoms with Crippen LogP contribution in [0.1, 0.15) is 39.7 Å². The minimum atomic E-state index is 0.650. The molecule has 0 unspecified atom stereocenters. The molecule has 1 rings (SSSR count). The molecule has 0 heterocycles. The molecular weight excluding hydrogens is 238 g/mol. The third kappa shape index (κ3) is 5.52. The first-order valence-electron chi connectivity index (χ1n) is 7.27. The minimum absolute atomic E-state index is 0.650. The predicted molar refractivity (Wildman–Crippen MR) is 79.9 cm³/mol. The summed E-state index contributed by atoms with van der Waals surface area (Å²) in [4.78, 5) is 0. The lowest BCUT2D eigenvalue weighted by Gasteiger charge is -2.16. The quantitative estimate of drug-likeness (QED) is 0.739. The molecule has 1 aromatic rings. The first-order chi connectivity index (χ1) is 9.19. The molecule has 0 bridgehead atoms. The number of hydrogen-bond acceptors (Lipinski definition) is 3. The number of ether oxygens (including phenoxy) is 2. The summed E-state index contributed by atoms with van der Waals surface area (Å²) in [5.41, 5.74) is 1.16. The fourth-order valence-electron chi connectivity index (χ4n) is 1.79. The van der Waals surface area contributed by atoms with Gasteiger partial charge >= 0.3 is 0 Å². The lowest BCUT2D eigenvalue weighted by Crippen LogP contribution is -2.14. The van der Waals surface area contributed by atoms with Crippen LogP contribution in [0.4, 0.5) is 0 Å². The van der Waals surface area contributed by atoms with E-state index in [-0.39, 0.29) is 0 Å². The summed E-state index contributed by atoms with van der Waals surface area (Å²) < 4.78 is 11.6. The smallest absolute Gasteiger partial charge is 0.165 e. The number of nitrogens with one attached hydrogen (secondary N) is 1. The molecule has 0 atom stereocenters. The second kappa shape index (κ2) is 8.81. The van der Waals surface area contributed by atoms with Crippen molar-refractivity contribution in [2.45, 2.75) is 40.7 Å². The Morgan fingerprint density at radius 3 is 2.58 bits per heavy atom. The van der Waals surface area contributed by atoms with E-state index in [1.165, 1.54) is 0 Å². The van der Waals surface area contributed by atoms with Gasteiger partial charge in [-0.05, 0) is 31.9 Å². The standard InChI is InChI=1S/C16H27NO2/c1-5-17-12-14-8-7-9-15(18-6-2)16(14)19-11-10-13(3)4/h7-9,13,17H,5-6,10-12H2,1-4H3. The van der Waals surface area contributed by atoms with E-state index in [1.54, 1.807) is 0 Å². The zero-order valence-electron chi connectivity index (χ0n) is 12.7. The van der Waals surface area contributed by atoms with Crippen molar-refractivity contribution in [1.82, 2.24) is 5.32 Å². The van der Waals surface area contributed by atoms with Crippen molar-refractivity contribution >= 4 is 0 Å². The topological polar surface area (TPSA) is 30.5 Å². The van der Waals surface area contributed by atoms with Crippen LogP contribution in [0.2, 0.25) is 0 Å². The fraction of sp³-hybridized carbons (Fsp3) is 0.625. The van der Waals surface area contributed by atoms with Gasteiger partial charge in [-0.1, -0.05) is 32.9 Å². The molecule has 0 spiro atoms. The fourth-order valence-corrected chi connectivity index (χ4v) is 1.79. The van der Waals surface area contributed by atoms with Gasteiger partial charge in [0.05, 0.1) is 13.2 Å². The van der Waals surface area contributed by atoms with Gasteiger partial charge in [0.2, 0.25) is 0 Å². The highest BCUT2D eigenvalue weighted by Gasteiger charge is 2.11. The van der Waals surface area contributed by atoms with E-state index in [2.05, 4.69) is 32.2 Å². The van der Waals surface area contributed by atoms with Gasteiger partial charge in [0.1, 0.15) is 0 Å². The molecule has 19 heavy (non-hydrogen) atoms. The van der Waals surface area contributed by atoms with Gasteiger partial charge in [0.25, 0.3) is 0 Å². The van der Waals surface area contributed by atoms with Crippen LogP contribution in [0.5, 0.6) is 11.5 Å². The van der Waals surface area contributed by atoms with Crippen molar-refractivity contribution in [3.05, 3.63) is 23.8 Å². The van der Waals surface area contributed by atoms with Crippen molar-refractivity contribution in [3.8, 4) is 11.5 Å². The Kier molecular flexibility index (Phi) is 7.34. The Hall–Kier alpha value is -1.22. The van der Waals surface area contributed by atoms with Crippen LogP contribution in [0.25, 0.3) is 0 Å².